The third-order valence-electron chi connectivity index (χ3n) is 8.20. The van der Waals surface area contributed by atoms with Crippen molar-refractivity contribution in [2.24, 2.45) is 0 Å². The average Bonchev–Trinajstić information content (AvgIpc) is 3.14. The van der Waals surface area contributed by atoms with Gasteiger partial charge in [0.2, 0.25) is 11.8 Å². The van der Waals surface area contributed by atoms with Gasteiger partial charge in [0, 0.05) is 51.3 Å². The highest BCUT2D eigenvalue weighted by Crippen LogP contribution is 2.30. The van der Waals surface area contributed by atoms with Crippen LogP contribution in [0.2, 0.25) is 5.02 Å². The summed E-state index contributed by atoms with van der Waals surface area (Å²) in [4.78, 5) is 21.4. The Labute approximate surface area is 295 Å². The molecule has 0 spiro atoms. The van der Waals surface area contributed by atoms with Gasteiger partial charge in [-0.05, 0) is 82.9 Å². The lowest BCUT2D eigenvalue weighted by atomic mass is 10.1. The number of carbonyl (C=O) groups excluding carboxylic acids is 1. The minimum Gasteiger partial charge on any atom is -0.493 e. The molecule has 0 aliphatic carbocycles. The quantitative estimate of drug-likeness (QED) is 0.115. The average molecular weight is 696 g/mol. The van der Waals surface area contributed by atoms with E-state index in [0.717, 1.165) is 37.2 Å². The van der Waals surface area contributed by atoms with Crippen molar-refractivity contribution in [2.45, 2.75) is 19.6 Å². The summed E-state index contributed by atoms with van der Waals surface area (Å²) >= 11 is 6.49. The van der Waals surface area contributed by atoms with Gasteiger partial charge in [0.25, 0.3) is 0 Å². The van der Waals surface area contributed by atoms with Crippen LogP contribution in [0.5, 0.6) is 23.1 Å². The van der Waals surface area contributed by atoms with E-state index in [-0.39, 0.29) is 24.1 Å². The molecule has 0 bridgehead atoms. The van der Waals surface area contributed by atoms with Crippen LogP contribution in [0.4, 0.5) is 8.78 Å². The van der Waals surface area contributed by atoms with Gasteiger partial charge in [-0.3, -0.25) is 9.69 Å². The van der Waals surface area contributed by atoms with Crippen molar-refractivity contribution in [1.82, 2.24) is 14.8 Å². The zero-order valence-electron chi connectivity index (χ0n) is 27.3. The standard InChI is InChI=1S/C40H36ClF2N3O4/c41-37-25-30(7-16-38(37)50-39-17-15-36(26-44-39)49-28-32-5-9-33(42)10-6-32)8-18-40(47)46-22-20-45(21-23-46)27-31-3-1-29(2-4-31)19-24-48-35-13-11-34(43)12-14-35/h1-18,25-26H,19-24,27-28H2. The molecule has 50 heavy (non-hydrogen) atoms. The van der Waals surface area contributed by atoms with Crippen LogP contribution >= 0.6 is 11.6 Å². The molecule has 1 amide bonds. The number of benzene rings is 4. The first kappa shape index (κ1) is 34.6. The molecule has 0 unspecified atom stereocenters. The number of hydrogen-bond donors (Lipinski definition) is 0. The summed E-state index contributed by atoms with van der Waals surface area (Å²) in [5, 5.41) is 0.387. The Hall–Kier alpha value is -5.25. The summed E-state index contributed by atoms with van der Waals surface area (Å²) in [5.41, 5.74) is 4.02. The second-order valence-corrected chi connectivity index (χ2v) is 12.3. The van der Waals surface area contributed by atoms with Gasteiger partial charge in [-0.15, -0.1) is 0 Å². The van der Waals surface area contributed by atoms with E-state index in [9.17, 15) is 13.6 Å². The van der Waals surface area contributed by atoms with Crippen LogP contribution in [0.15, 0.2) is 115 Å². The number of ether oxygens (including phenoxy) is 3. The first-order valence-corrected chi connectivity index (χ1v) is 16.7. The summed E-state index contributed by atoms with van der Waals surface area (Å²) in [5.74, 6) is 1.38. The first-order valence-electron chi connectivity index (χ1n) is 16.3. The van der Waals surface area contributed by atoms with Crippen molar-refractivity contribution in [3.8, 4) is 23.1 Å². The molecule has 1 saturated heterocycles. The molecule has 256 valence electrons. The zero-order chi connectivity index (χ0) is 34.7. The van der Waals surface area contributed by atoms with Gasteiger partial charge in [-0.1, -0.05) is 54.1 Å². The van der Waals surface area contributed by atoms with Crippen molar-refractivity contribution in [1.29, 1.82) is 0 Å². The molecule has 6 rings (SSSR count). The maximum Gasteiger partial charge on any atom is 0.246 e. The van der Waals surface area contributed by atoms with Crippen LogP contribution in [0.3, 0.4) is 0 Å². The summed E-state index contributed by atoms with van der Waals surface area (Å²) in [7, 11) is 0. The van der Waals surface area contributed by atoms with E-state index in [2.05, 4.69) is 34.1 Å². The van der Waals surface area contributed by atoms with E-state index in [1.54, 1.807) is 66.9 Å². The monoisotopic (exact) mass is 695 g/mol. The van der Waals surface area contributed by atoms with Crippen LogP contribution in [-0.2, 0) is 24.4 Å². The SMILES string of the molecule is O=C(C=Cc1ccc(Oc2ccc(OCc3ccc(F)cc3)cn2)c(Cl)c1)N1CCN(Cc2ccc(CCOc3ccc(F)cc3)cc2)CC1. The molecule has 7 nitrogen and oxygen atoms in total. The van der Waals surface area contributed by atoms with Crippen LogP contribution in [-0.4, -0.2) is 53.5 Å². The van der Waals surface area contributed by atoms with E-state index in [1.807, 2.05) is 11.0 Å². The smallest absolute Gasteiger partial charge is 0.246 e. The fourth-order valence-electron chi connectivity index (χ4n) is 5.36. The van der Waals surface area contributed by atoms with E-state index in [4.69, 9.17) is 25.8 Å². The summed E-state index contributed by atoms with van der Waals surface area (Å²) in [6.07, 6.45) is 5.64. The molecule has 1 aliphatic heterocycles. The summed E-state index contributed by atoms with van der Waals surface area (Å²) in [6, 6.07) is 29.4. The van der Waals surface area contributed by atoms with Crippen molar-refractivity contribution in [3.05, 3.63) is 154 Å². The maximum atomic E-state index is 13.1. The molecule has 0 atom stereocenters. The lowest BCUT2D eigenvalue weighted by Gasteiger charge is -2.34. The molecule has 2 heterocycles. The molecule has 0 saturated carbocycles. The molecule has 1 aromatic heterocycles. The van der Waals surface area contributed by atoms with Gasteiger partial charge < -0.3 is 19.1 Å². The minimum atomic E-state index is -0.293. The van der Waals surface area contributed by atoms with E-state index in [1.165, 1.54) is 35.4 Å². The maximum absolute atomic E-state index is 13.1. The van der Waals surface area contributed by atoms with Crippen LogP contribution < -0.4 is 14.2 Å². The normalized spacial score (nSPS) is 13.4. The third kappa shape index (κ3) is 10.1. The molecule has 5 aromatic rings. The van der Waals surface area contributed by atoms with Crippen molar-refractivity contribution in [2.75, 3.05) is 32.8 Å². The van der Waals surface area contributed by atoms with E-state index >= 15 is 0 Å². The predicted molar refractivity (Wildman–Crippen MR) is 189 cm³/mol. The number of pyridine rings is 1. The number of carbonyl (C=O) groups is 1. The highest BCUT2D eigenvalue weighted by atomic mass is 35.5. The van der Waals surface area contributed by atoms with Crippen molar-refractivity contribution in [3.63, 3.8) is 0 Å². The number of amides is 1. The van der Waals surface area contributed by atoms with Gasteiger partial charge >= 0.3 is 0 Å². The number of piperazine rings is 1. The Bertz CT molecular complexity index is 1880. The lowest BCUT2D eigenvalue weighted by molar-refractivity contribution is -0.127. The molecular weight excluding hydrogens is 660 g/mol. The first-order chi connectivity index (χ1) is 24.4. The number of nitrogens with zero attached hydrogens (tertiary/aromatic N) is 3. The Kier molecular flexibility index (Phi) is 11.7. The third-order valence-corrected chi connectivity index (χ3v) is 8.50. The Morgan fingerprint density at radius 1 is 0.760 bits per heavy atom. The van der Waals surface area contributed by atoms with Gasteiger partial charge in [0.1, 0.15) is 35.5 Å². The fourth-order valence-corrected chi connectivity index (χ4v) is 5.59. The van der Waals surface area contributed by atoms with Crippen LogP contribution in [0.1, 0.15) is 22.3 Å². The fraction of sp³-hybridized carbons (Fsp3) is 0.200. The Morgan fingerprint density at radius 2 is 1.42 bits per heavy atom. The molecule has 4 aromatic carbocycles. The van der Waals surface area contributed by atoms with Gasteiger partial charge in [-0.25, -0.2) is 13.8 Å². The van der Waals surface area contributed by atoms with Crippen molar-refractivity contribution >= 4 is 23.6 Å². The molecule has 10 heteroatoms. The van der Waals surface area contributed by atoms with Gasteiger partial charge in [-0.2, -0.15) is 0 Å². The number of aromatic nitrogens is 1. The second kappa shape index (κ2) is 16.9. The van der Waals surface area contributed by atoms with Crippen LogP contribution in [0.25, 0.3) is 6.08 Å². The minimum absolute atomic E-state index is 0.0424. The van der Waals surface area contributed by atoms with Crippen LogP contribution in [0, 0.1) is 11.6 Å². The molecule has 0 radical (unpaired) electrons. The molecule has 0 N–H and O–H groups in total. The highest BCUT2D eigenvalue weighted by molar-refractivity contribution is 6.32. The van der Waals surface area contributed by atoms with E-state index < -0.39 is 0 Å². The molecule has 1 fully saturated rings. The van der Waals surface area contributed by atoms with Gasteiger partial charge in [0.05, 0.1) is 17.8 Å². The Morgan fingerprint density at radius 3 is 2.10 bits per heavy atom. The Balaban J connectivity index is 0.910. The largest absolute Gasteiger partial charge is 0.493 e. The summed E-state index contributed by atoms with van der Waals surface area (Å²) < 4.78 is 43.4. The van der Waals surface area contributed by atoms with Gasteiger partial charge in [0.15, 0.2) is 0 Å². The second-order valence-electron chi connectivity index (χ2n) is 11.8. The van der Waals surface area contributed by atoms with Crippen molar-refractivity contribution < 1.29 is 27.8 Å². The topological polar surface area (TPSA) is 64.1 Å². The number of rotatable bonds is 13. The lowest BCUT2D eigenvalue weighted by Crippen LogP contribution is -2.47. The predicted octanol–water partition coefficient (Wildman–Crippen LogP) is 8.36. The highest BCUT2D eigenvalue weighted by Gasteiger charge is 2.19. The number of halogens is 3. The molecular formula is C40H36ClF2N3O4. The summed E-state index contributed by atoms with van der Waals surface area (Å²) in [6.45, 7) is 4.52. The molecule has 1 aliphatic rings. The zero-order valence-corrected chi connectivity index (χ0v) is 28.1. The van der Waals surface area contributed by atoms with E-state index in [0.29, 0.717) is 47.8 Å². The number of hydrogen-bond acceptors (Lipinski definition) is 6.